The quantitative estimate of drug-likeness (QED) is 0.606. The van der Waals surface area contributed by atoms with Gasteiger partial charge in [0.15, 0.2) is 5.78 Å². The summed E-state index contributed by atoms with van der Waals surface area (Å²) in [5.41, 5.74) is 2.82. The van der Waals surface area contributed by atoms with Crippen LogP contribution in [0.25, 0.3) is 0 Å². The Morgan fingerprint density at radius 1 is 0.793 bits per heavy atom. The van der Waals surface area contributed by atoms with E-state index in [0.717, 1.165) is 6.26 Å². The monoisotopic (exact) mass is 408 g/mol. The number of nitrogens with one attached hydrogen (secondary N) is 2. The lowest BCUT2D eigenvalue weighted by atomic mass is 10.0. The number of sulfonamides is 1. The Labute approximate surface area is 169 Å². The fourth-order valence-corrected chi connectivity index (χ4v) is 3.39. The Morgan fingerprint density at radius 3 is 2.17 bits per heavy atom. The van der Waals surface area contributed by atoms with Crippen molar-refractivity contribution in [3.8, 4) is 0 Å². The molecule has 7 heteroatoms. The first kappa shape index (κ1) is 20.3. The van der Waals surface area contributed by atoms with Gasteiger partial charge in [0.2, 0.25) is 10.0 Å². The average Bonchev–Trinajstić information content (AvgIpc) is 2.69. The van der Waals surface area contributed by atoms with Crippen molar-refractivity contribution in [3.05, 3.63) is 95.1 Å². The van der Waals surface area contributed by atoms with Gasteiger partial charge in [-0.2, -0.15) is 0 Å². The number of amides is 1. The van der Waals surface area contributed by atoms with Crippen LogP contribution in [0.5, 0.6) is 0 Å². The number of aryl methyl sites for hydroxylation is 1. The van der Waals surface area contributed by atoms with Crippen molar-refractivity contribution in [2.45, 2.75) is 6.92 Å². The summed E-state index contributed by atoms with van der Waals surface area (Å²) in [5, 5.41) is 2.75. The normalized spacial score (nSPS) is 11.0. The van der Waals surface area contributed by atoms with Gasteiger partial charge in [0, 0.05) is 22.4 Å². The second-order valence-electron chi connectivity index (χ2n) is 6.63. The van der Waals surface area contributed by atoms with Gasteiger partial charge in [-0.05, 0) is 36.8 Å². The van der Waals surface area contributed by atoms with E-state index in [4.69, 9.17) is 0 Å². The molecule has 6 nitrogen and oxygen atoms in total. The van der Waals surface area contributed by atoms with E-state index in [1.165, 1.54) is 6.07 Å². The van der Waals surface area contributed by atoms with Crippen LogP contribution in [0.4, 0.5) is 11.4 Å². The van der Waals surface area contributed by atoms with Crippen LogP contribution in [0, 0.1) is 6.92 Å². The van der Waals surface area contributed by atoms with E-state index in [1.807, 2.05) is 6.07 Å². The Bertz CT molecular complexity index is 1170. The summed E-state index contributed by atoms with van der Waals surface area (Å²) in [7, 11) is -3.46. The van der Waals surface area contributed by atoms with Crippen LogP contribution < -0.4 is 10.0 Å². The van der Waals surface area contributed by atoms with Crippen molar-refractivity contribution in [3.63, 3.8) is 0 Å². The lowest BCUT2D eigenvalue weighted by Crippen LogP contribution is -2.15. The zero-order valence-electron chi connectivity index (χ0n) is 16.0. The highest BCUT2D eigenvalue weighted by Crippen LogP contribution is 2.20. The Kier molecular flexibility index (Phi) is 5.79. The predicted octanol–water partition coefficient (Wildman–Crippen LogP) is 3.85. The average molecular weight is 408 g/mol. The minimum atomic E-state index is -3.46. The Hall–Kier alpha value is -3.45. The maximum absolute atomic E-state index is 12.6. The largest absolute Gasteiger partial charge is 0.322 e. The highest BCUT2D eigenvalue weighted by molar-refractivity contribution is 7.92. The Morgan fingerprint density at radius 2 is 1.48 bits per heavy atom. The second kappa shape index (κ2) is 8.28. The highest BCUT2D eigenvalue weighted by atomic mass is 32.2. The number of benzene rings is 3. The molecule has 0 aliphatic carbocycles. The standard InChI is InChI=1S/C22H20N2O4S/c1-15-11-12-18(14-20(15)24-29(2,27)28)22(26)23-19-10-6-9-17(13-19)21(25)16-7-4-3-5-8-16/h3-14,24H,1-2H3,(H,23,26). The van der Waals surface area contributed by atoms with E-state index in [9.17, 15) is 18.0 Å². The Balaban J connectivity index is 1.81. The van der Waals surface area contributed by atoms with Gasteiger partial charge in [-0.25, -0.2) is 8.42 Å². The van der Waals surface area contributed by atoms with Gasteiger partial charge in [0.25, 0.3) is 5.91 Å². The molecular weight excluding hydrogens is 388 g/mol. The molecule has 0 saturated heterocycles. The first-order valence-corrected chi connectivity index (χ1v) is 10.7. The molecule has 0 spiro atoms. The van der Waals surface area contributed by atoms with Crippen LogP contribution in [-0.4, -0.2) is 26.4 Å². The molecule has 29 heavy (non-hydrogen) atoms. The van der Waals surface area contributed by atoms with E-state index in [1.54, 1.807) is 67.6 Å². The fourth-order valence-electron chi connectivity index (χ4n) is 2.77. The summed E-state index contributed by atoms with van der Waals surface area (Å²) >= 11 is 0. The van der Waals surface area contributed by atoms with Gasteiger partial charge in [0.05, 0.1) is 11.9 Å². The SMILES string of the molecule is Cc1ccc(C(=O)Nc2cccc(C(=O)c3ccccc3)c2)cc1NS(C)(=O)=O. The third-order valence-corrected chi connectivity index (χ3v) is 4.80. The molecule has 0 bridgehead atoms. The maximum Gasteiger partial charge on any atom is 0.255 e. The molecule has 2 N–H and O–H groups in total. The molecule has 0 atom stereocenters. The minimum Gasteiger partial charge on any atom is -0.322 e. The summed E-state index contributed by atoms with van der Waals surface area (Å²) in [6.07, 6.45) is 1.05. The summed E-state index contributed by atoms with van der Waals surface area (Å²) in [6.45, 7) is 1.74. The van der Waals surface area contributed by atoms with Crippen LogP contribution in [-0.2, 0) is 10.0 Å². The number of rotatable bonds is 6. The van der Waals surface area contributed by atoms with Crippen molar-refractivity contribution >= 4 is 33.1 Å². The van der Waals surface area contributed by atoms with Crippen LogP contribution in [0.2, 0.25) is 0 Å². The number of ketones is 1. The van der Waals surface area contributed by atoms with E-state index in [0.29, 0.717) is 33.6 Å². The number of carbonyl (C=O) groups is 2. The van der Waals surface area contributed by atoms with E-state index >= 15 is 0 Å². The van der Waals surface area contributed by atoms with E-state index in [2.05, 4.69) is 10.0 Å². The zero-order chi connectivity index (χ0) is 21.0. The smallest absolute Gasteiger partial charge is 0.255 e. The third kappa shape index (κ3) is 5.30. The van der Waals surface area contributed by atoms with Crippen molar-refractivity contribution in [2.24, 2.45) is 0 Å². The molecular formula is C22H20N2O4S. The molecule has 0 heterocycles. The lowest BCUT2D eigenvalue weighted by molar-refractivity contribution is 0.102. The maximum atomic E-state index is 12.6. The van der Waals surface area contributed by atoms with E-state index in [-0.39, 0.29) is 5.78 Å². The topological polar surface area (TPSA) is 92.3 Å². The summed E-state index contributed by atoms with van der Waals surface area (Å²) < 4.78 is 25.4. The van der Waals surface area contributed by atoms with Gasteiger partial charge < -0.3 is 5.32 Å². The zero-order valence-corrected chi connectivity index (χ0v) is 16.8. The first-order chi connectivity index (χ1) is 13.7. The second-order valence-corrected chi connectivity index (χ2v) is 8.38. The summed E-state index contributed by atoms with van der Waals surface area (Å²) in [6, 6.07) is 20.3. The van der Waals surface area contributed by atoms with Gasteiger partial charge in [-0.1, -0.05) is 48.5 Å². The molecule has 148 valence electrons. The van der Waals surface area contributed by atoms with Crippen LogP contribution in [0.1, 0.15) is 31.8 Å². The predicted molar refractivity (Wildman–Crippen MR) is 114 cm³/mol. The number of anilines is 2. The molecule has 3 rings (SSSR count). The van der Waals surface area contributed by atoms with Gasteiger partial charge in [-0.15, -0.1) is 0 Å². The molecule has 3 aromatic rings. The number of hydrogen-bond acceptors (Lipinski definition) is 4. The molecule has 0 unspecified atom stereocenters. The van der Waals surface area contributed by atoms with Crippen LogP contribution in [0.3, 0.4) is 0 Å². The number of carbonyl (C=O) groups excluding carboxylic acids is 2. The van der Waals surface area contributed by atoms with Crippen molar-refractivity contribution < 1.29 is 18.0 Å². The van der Waals surface area contributed by atoms with Gasteiger partial charge in [-0.3, -0.25) is 14.3 Å². The van der Waals surface area contributed by atoms with E-state index < -0.39 is 15.9 Å². The minimum absolute atomic E-state index is 0.142. The molecule has 0 aliphatic heterocycles. The van der Waals surface area contributed by atoms with Gasteiger partial charge in [0.1, 0.15) is 0 Å². The fraction of sp³-hybridized carbons (Fsp3) is 0.0909. The highest BCUT2D eigenvalue weighted by Gasteiger charge is 2.13. The molecule has 0 fully saturated rings. The van der Waals surface area contributed by atoms with Gasteiger partial charge >= 0.3 is 0 Å². The molecule has 1 amide bonds. The van der Waals surface area contributed by atoms with Crippen molar-refractivity contribution in [2.75, 3.05) is 16.3 Å². The molecule has 0 saturated carbocycles. The lowest BCUT2D eigenvalue weighted by Gasteiger charge is -2.11. The first-order valence-electron chi connectivity index (χ1n) is 8.82. The van der Waals surface area contributed by atoms with Crippen LogP contribution in [0.15, 0.2) is 72.8 Å². The molecule has 0 radical (unpaired) electrons. The summed E-state index contributed by atoms with van der Waals surface area (Å²) in [5.74, 6) is -0.553. The van der Waals surface area contributed by atoms with Crippen LogP contribution >= 0.6 is 0 Å². The molecule has 3 aromatic carbocycles. The summed E-state index contributed by atoms with van der Waals surface area (Å²) in [4.78, 5) is 25.2. The van der Waals surface area contributed by atoms with Crippen molar-refractivity contribution in [1.29, 1.82) is 0 Å². The molecule has 0 aliphatic rings. The molecule has 0 aromatic heterocycles. The van der Waals surface area contributed by atoms with Crippen molar-refractivity contribution in [1.82, 2.24) is 0 Å². The number of hydrogen-bond donors (Lipinski definition) is 2. The third-order valence-electron chi connectivity index (χ3n) is 4.21.